The van der Waals surface area contributed by atoms with Crippen LogP contribution in [0.5, 0.6) is 0 Å². The lowest BCUT2D eigenvalue weighted by Gasteiger charge is -2.58. The Labute approximate surface area is 108 Å². The van der Waals surface area contributed by atoms with Gasteiger partial charge in [-0.1, -0.05) is 0 Å². The Balaban J connectivity index is 1.56. The van der Waals surface area contributed by atoms with Crippen molar-refractivity contribution in [3.63, 3.8) is 0 Å². The zero-order valence-electron chi connectivity index (χ0n) is 10.8. The van der Waals surface area contributed by atoms with Gasteiger partial charge in [0.25, 0.3) is 0 Å². The van der Waals surface area contributed by atoms with Crippen molar-refractivity contribution in [2.24, 2.45) is 28.9 Å². The Hall–Kier alpha value is -0.900. The van der Waals surface area contributed by atoms with Gasteiger partial charge in [-0.15, -0.1) is 0 Å². The molecule has 1 aromatic heterocycles. The van der Waals surface area contributed by atoms with Gasteiger partial charge in [0.2, 0.25) is 0 Å². The van der Waals surface area contributed by atoms with Crippen LogP contribution in [0.25, 0.3) is 0 Å². The SMILES string of the molecule is NC(Cn1cncn1)C12CC3CC(CC(C3)C1)C2. The summed E-state index contributed by atoms with van der Waals surface area (Å²) >= 11 is 0. The van der Waals surface area contributed by atoms with Crippen LogP contribution in [-0.4, -0.2) is 20.8 Å². The first-order chi connectivity index (χ1) is 8.73. The summed E-state index contributed by atoms with van der Waals surface area (Å²) in [6.07, 6.45) is 11.9. The maximum Gasteiger partial charge on any atom is 0.137 e. The highest BCUT2D eigenvalue weighted by molar-refractivity contribution is 5.05. The first kappa shape index (κ1) is 11.0. The van der Waals surface area contributed by atoms with Gasteiger partial charge >= 0.3 is 0 Å². The molecule has 4 aliphatic rings. The molecular weight excluding hydrogens is 224 g/mol. The van der Waals surface area contributed by atoms with Gasteiger partial charge < -0.3 is 5.73 Å². The first-order valence-electron chi connectivity index (χ1n) is 7.31. The number of rotatable bonds is 3. The molecule has 5 rings (SSSR count). The molecule has 0 aromatic carbocycles. The third kappa shape index (κ3) is 1.62. The Kier molecular flexibility index (Phi) is 2.31. The lowest BCUT2D eigenvalue weighted by atomic mass is 9.48. The van der Waals surface area contributed by atoms with Crippen molar-refractivity contribution in [3.05, 3.63) is 12.7 Å². The van der Waals surface area contributed by atoms with Crippen LogP contribution in [0.15, 0.2) is 12.7 Å². The lowest BCUT2D eigenvalue weighted by Crippen LogP contribution is -2.55. The van der Waals surface area contributed by atoms with Gasteiger partial charge in [-0.3, -0.25) is 4.68 Å². The predicted molar refractivity (Wildman–Crippen MR) is 68.6 cm³/mol. The Bertz CT molecular complexity index is 390. The van der Waals surface area contributed by atoms with E-state index in [4.69, 9.17) is 5.73 Å². The number of hydrogen-bond donors (Lipinski definition) is 1. The van der Waals surface area contributed by atoms with Crippen LogP contribution in [0.2, 0.25) is 0 Å². The fourth-order valence-electron chi connectivity index (χ4n) is 5.35. The van der Waals surface area contributed by atoms with Crippen LogP contribution < -0.4 is 5.73 Å². The predicted octanol–water partition coefficient (Wildman–Crippen LogP) is 1.82. The second-order valence-electron chi connectivity index (χ2n) is 7.00. The summed E-state index contributed by atoms with van der Waals surface area (Å²) < 4.78 is 1.91. The molecule has 1 heterocycles. The van der Waals surface area contributed by atoms with Crippen molar-refractivity contribution < 1.29 is 0 Å². The van der Waals surface area contributed by atoms with Crippen LogP contribution in [0.3, 0.4) is 0 Å². The molecule has 4 heteroatoms. The number of nitrogens with two attached hydrogens (primary N) is 1. The Morgan fingerprint density at radius 2 is 1.78 bits per heavy atom. The minimum Gasteiger partial charge on any atom is -0.326 e. The second kappa shape index (κ2) is 3.80. The minimum absolute atomic E-state index is 0.257. The van der Waals surface area contributed by atoms with Gasteiger partial charge in [-0.2, -0.15) is 5.10 Å². The van der Waals surface area contributed by atoms with Crippen LogP contribution in [0.1, 0.15) is 38.5 Å². The molecule has 4 fully saturated rings. The first-order valence-corrected chi connectivity index (χ1v) is 7.31. The maximum absolute atomic E-state index is 6.58. The van der Waals surface area contributed by atoms with E-state index in [2.05, 4.69) is 10.1 Å². The van der Waals surface area contributed by atoms with Crippen LogP contribution in [0.4, 0.5) is 0 Å². The molecule has 2 N–H and O–H groups in total. The number of hydrogen-bond acceptors (Lipinski definition) is 3. The number of nitrogens with zero attached hydrogens (tertiary/aromatic N) is 3. The van der Waals surface area contributed by atoms with E-state index in [0.717, 1.165) is 24.3 Å². The molecule has 0 spiro atoms. The fourth-order valence-corrected chi connectivity index (χ4v) is 5.35. The largest absolute Gasteiger partial charge is 0.326 e. The summed E-state index contributed by atoms with van der Waals surface area (Å²) in [4.78, 5) is 4.02. The smallest absolute Gasteiger partial charge is 0.137 e. The van der Waals surface area contributed by atoms with Crippen LogP contribution in [-0.2, 0) is 6.54 Å². The van der Waals surface area contributed by atoms with Crippen molar-refractivity contribution in [3.8, 4) is 0 Å². The van der Waals surface area contributed by atoms with Gasteiger partial charge in [0.15, 0.2) is 0 Å². The average Bonchev–Trinajstić information content (AvgIpc) is 2.79. The molecular formula is C14H22N4. The maximum atomic E-state index is 6.58. The Morgan fingerprint density at radius 1 is 1.17 bits per heavy atom. The summed E-state index contributed by atoms with van der Waals surface area (Å²) in [6, 6.07) is 0.257. The molecule has 4 aliphatic carbocycles. The van der Waals surface area contributed by atoms with Gasteiger partial charge in [-0.25, -0.2) is 4.98 Å². The van der Waals surface area contributed by atoms with Crippen LogP contribution >= 0.6 is 0 Å². The van der Waals surface area contributed by atoms with E-state index in [0.29, 0.717) is 5.41 Å². The van der Waals surface area contributed by atoms with E-state index in [1.165, 1.54) is 38.5 Å². The van der Waals surface area contributed by atoms with Gasteiger partial charge in [-0.05, 0) is 61.7 Å². The van der Waals surface area contributed by atoms with Crippen molar-refractivity contribution in [2.45, 2.75) is 51.1 Å². The molecule has 4 saturated carbocycles. The highest BCUT2D eigenvalue weighted by Gasteiger charge is 2.53. The quantitative estimate of drug-likeness (QED) is 0.885. The van der Waals surface area contributed by atoms with Gasteiger partial charge in [0.1, 0.15) is 12.7 Å². The van der Waals surface area contributed by atoms with E-state index >= 15 is 0 Å². The van der Waals surface area contributed by atoms with Crippen molar-refractivity contribution in [2.75, 3.05) is 0 Å². The molecule has 0 radical (unpaired) electrons. The summed E-state index contributed by atoms with van der Waals surface area (Å²) in [5, 5.41) is 4.21. The standard InChI is InChI=1S/C14H22N4/c15-13(7-18-9-16-8-17-18)14-4-10-1-11(5-14)3-12(2-10)6-14/h8-13H,1-7,15H2. The molecule has 0 aliphatic heterocycles. The zero-order chi connectivity index (χ0) is 12.2. The van der Waals surface area contributed by atoms with Crippen molar-refractivity contribution in [1.29, 1.82) is 0 Å². The lowest BCUT2D eigenvalue weighted by molar-refractivity contribution is -0.0699. The third-order valence-corrected chi connectivity index (χ3v) is 5.72. The molecule has 0 amide bonds. The molecule has 1 unspecified atom stereocenters. The van der Waals surface area contributed by atoms with E-state index in [1.807, 2.05) is 4.68 Å². The van der Waals surface area contributed by atoms with E-state index in [9.17, 15) is 0 Å². The van der Waals surface area contributed by atoms with Gasteiger partial charge in [0.05, 0.1) is 6.54 Å². The van der Waals surface area contributed by atoms with Gasteiger partial charge in [0, 0.05) is 6.04 Å². The monoisotopic (exact) mass is 246 g/mol. The molecule has 18 heavy (non-hydrogen) atoms. The highest BCUT2D eigenvalue weighted by Crippen LogP contribution is 2.61. The summed E-state index contributed by atoms with van der Waals surface area (Å²) in [5.74, 6) is 2.91. The molecule has 0 saturated heterocycles. The van der Waals surface area contributed by atoms with E-state index < -0.39 is 0 Å². The van der Waals surface area contributed by atoms with E-state index in [1.54, 1.807) is 12.7 Å². The molecule has 98 valence electrons. The third-order valence-electron chi connectivity index (χ3n) is 5.72. The molecule has 4 bridgehead atoms. The van der Waals surface area contributed by atoms with Crippen LogP contribution in [0, 0.1) is 23.2 Å². The summed E-state index contributed by atoms with van der Waals surface area (Å²) in [5.41, 5.74) is 6.99. The second-order valence-corrected chi connectivity index (χ2v) is 7.00. The normalized spacial score (nSPS) is 43.3. The van der Waals surface area contributed by atoms with Crippen molar-refractivity contribution in [1.82, 2.24) is 14.8 Å². The molecule has 1 atom stereocenters. The zero-order valence-corrected chi connectivity index (χ0v) is 10.8. The summed E-state index contributed by atoms with van der Waals surface area (Å²) in [7, 11) is 0. The minimum atomic E-state index is 0.257. The highest BCUT2D eigenvalue weighted by atomic mass is 15.3. The topological polar surface area (TPSA) is 56.7 Å². The Morgan fingerprint density at radius 3 is 2.28 bits per heavy atom. The average molecular weight is 246 g/mol. The fraction of sp³-hybridized carbons (Fsp3) is 0.857. The number of aromatic nitrogens is 3. The van der Waals surface area contributed by atoms with E-state index in [-0.39, 0.29) is 6.04 Å². The molecule has 4 nitrogen and oxygen atoms in total. The summed E-state index contributed by atoms with van der Waals surface area (Å²) in [6.45, 7) is 0.839. The molecule has 1 aromatic rings. The van der Waals surface area contributed by atoms with Crippen molar-refractivity contribution >= 4 is 0 Å².